The maximum absolute atomic E-state index is 11.3. The highest BCUT2D eigenvalue weighted by Gasteiger charge is 2.47. The molecule has 0 radical (unpaired) electrons. The minimum Gasteiger partial charge on any atom is -0.364 e. The van der Waals surface area contributed by atoms with Crippen LogP contribution >= 0.6 is 0 Å². The van der Waals surface area contributed by atoms with Gasteiger partial charge in [0.1, 0.15) is 5.60 Å². The van der Waals surface area contributed by atoms with Crippen molar-refractivity contribution in [3.8, 4) is 0 Å². The fraction of sp³-hybridized carbons (Fsp3) is 0.455. The first-order valence-electron chi connectivity index (χ1n) is 5.51. The number of hydrogen-bond acceptors (Lipinski definition) is 3. The van der Waals surface area contributed by atoms with Gasteiger partial charge in [-0.25, -0.2) is 5.14 Å². The maximum atomic E-state index is 11.3. The monoisotopic (exact) mass is 254 g/mol. The zero-order valence-electron chi connectivity index (χ0n) is 9.30. The molecule has 2 N–H and O–H groups in total. The Kier molecular flexibility index (Phi) is 2.31. The highest BCUT2D eigenvalue weighted by Crippen LogP contribution is 2.43. The van der Waals surface area contributed by atoms with Crippen molar-refractivity contribution in [1.82, 2.24) is 4.31 Å². The summed E-state index contributed by atoms with van der Waals surface area (Å²) in [5.74, 6) is 0. The molecule has 6 heteroatoms. The van der Waals surface area contributed by atoms with E-state index in [0.29, 0.717) is 26.1 Å². The van der Waals surface area contributed by atoms with Gasteiger partial charge in [-0.1, -0.05) is 24.3 Å². The minimum atomic E-state index is -3.62. The molecule has 92 valence electrons. The van der Waals surface area contributed by atoms with E-state index in [1.807, 2.05) is 24.3 Å². The molecule has 1 saturated heterocycles. The van der Waals surface area contributed by atoms with Crippen LogP contribution in [0.5, 0.6) is 0 Å². The fourth-order valence-corrected chi connectivity index (χ4v) is 3.42. The van der Waals surface area contributed by atoms with Gasteiger partial charge in [0.25, 0.3) is 10.2 Å². The van der Waals surface area contributed by atoms with Crippen molar-refractivity contribution < 1.29 is 13.2 Å². The highest BCUT2D eigenvalue weighted by molar-refractivity contribution is 7.86. The van der Waals surface area contributed by atoms with Crippen LogP contribution in [0.1, 0.15) is 17.5 Å². The zero-order chi connectivity index (χ0) is 12.1. The molecule has 1 spiro atoms. The first-order valence-corrected chi connectivity index (χ1v) is 7.02. The average molecular weight is 254 g/mol. The summed E-state index contributed by atoms with van der Waals surface area (Å²) >= 11 is 0. The van der Waals surface area contributed by atoms with Crippen molar-refractivity contribution in [2.45, 2.75) is 18.6 Å². The van der Waals surface area contributed by atoms with E-state index in [4.69, 9.17) is 9.88 Å². The summed E-state index contributed by atoms with van der Waals surface area (Å²) in [5.41, 5.74) is 1.76. The van der Waals surface area contributed by atoms with E-state index in [0.717, 1.165) is 11.1 Å². The summed E-state index contributed by atoms with van der Waals surface area (Å²) in [7, 11) is -3.62. The first-order chi connectivity index (χ1) is 8.01. The number of nitrogens with two attached hydrogens (primary N) is 1. The number of rotatable bonds is 1. The molecule has 2 heterocycles. The van der Waals surface area contributed by atoms with Gasteiger partial charge in [0, 0.05) is 13.1 Å². The molecule has 5 nitrogen and oxygen atoms in total. The summed E-state index contributed by atoms with van der Waals surface area (Å²) in [6.07, 6.45) is 0.667. The number of benzene rings is 1. The van der Waals surface area contributed by atoms with Crippen molar-refractivity contribution in [3.05, 3.63) is 35.4 Å². The van der Waals surface area contributed by atoms with Gasteiger partial charge in [-0.3, -0.25) is 0 Å². The Morgan fingerprint density at radius 2 is 2.12 bits per heavy atom. The van der Waals surface area contributed by atoms with Gasteiger partial charge in [0.15, 0.2) is 0 Å². The second-order valence-electron chi connectivity index (χ2n) is 4.57. The maximum Gasteiger partial charge on any atom is 0.277 e. The van der Waals surface area contributed by atoms with Crippen molar-refractivity contribution >= 4 is 10.2 Å². The van der Waals surface area contributed by atoms with Gasteiger partial charge in [-0.15, -0.1) is 0 Å². The van der Waals surface area contributed by atoms with Crippen molar-refractivity contribution in [1.29, 1.82) is 0 Å². The number of fused-ring (bicyclic) bond motifs is 2. The smallest absolute Gasteiger partial charge is 0.277 e. The summed E-state index contributed by atoms with van der Waals surface area (Å²) in [4.78, 5) is 0. The van der Waals surface area contributed by atoms with Crippen LogP contribution in [0.15, 0.2) is 24.3 Å². The average Bonchev–Trinajstić information content (AvgIpc) is 2.86. The molecule has 0 bridgehead atoms. The molecular formula is C11H14N2O3S. The molecule has 2 aliphatic rings. The molecule has 0 aliphatic carbocycles. The summed E-state index contributed by atoms with van der Waals surface area (Å²) in [5, 5.41) is 5.15. The SMILES string of the molecule is NS(=O)(=O)N1CCC2(C1)OCc1ccccc12. The molecule has 1 unspecified atom stereocenters. The molecular weight excluding hydrogens is 240 g/mol. The molecule has 0 aromatic heterocycles. The Hall–Kier alpha value is -0.950. The lowest BCUT2D eigenvalue weighted by atomic mass is 9.92. The van der Waals surface area contributed by atoms with Crippen LogP contribution in [0.3, 0.4) is 0 Å². The van der Waals surface area contributed by atoms with Crippen molar-refractivity contribution in [2.24, 2.45) is 5.14 Å². The lowest BCUT2D eigenvalue weighted by Gasteiger charge is -2.23. The second-order valence-corrected chi connectivity index (χ2v) is 6.11. The molecule has 1 fully saturated rings. The molecule has 0 amide bonds. The Morgan fingerprint density at radius 3 is 2.82 bits per heavy atom. The molecule has 1 atom stereocenters. The van der Waals surface area contributed by atoms with E-state index in [2.05, 4.69) is 0 Å². The fourth-order valence-electron chi connectivity index (χ4n) is 2.69. The van der Waals surface area contributed by atoms with Gasteiger partial charge in [-0.2, -0.15) is 12.7 Å². The Morgan fingerprint density at radius 1 is 1.35 bits per heavy atom. The van der Waals surface area contributed by atoms with Gasteiger partial charge in [0.2, 0.25) is 0 Å². The van der Waals surface area contributed by atoms with Crippen LogP contribution in [0.25, 0.3) is 0 Å². The zero-order valence-corrected chi connectivity index (χ0v) is 10.1. The van der Waals surface area contributed by atoms with Crippen LogP contribution in [0.2, 0.25) is 0 Å². The van der Waals surface area contributed by atoms with Gasteiger partial charge >= 0.3 is 0 Å². The van der Waals surface area contributed by atoms with Gasteiger partial charge in [-0.05, 0) is 17.5 Å². The molecule has 1 aromatic rings. The van der Waals surface area contributed by atoms with E-state index in [9.17, 15) is 8.42 Å². The number of ether oxygens (including phenoxy) is 1. The Balaban J connectivity index is 1.97. The molecule has 1 aromatic carbocycles. The van der Waals surface area contributed by atoms with Crippen LogP contribution < -0.4 is 5.14 Å². The molecule has 0 saturated carbocycles. The van der Waals surface area contributed by atoms with E-state index in [-0.39, 0.29) is 0 Å². The standard InChI is InChI=1S/C11H14N2O3S/c12-17(14,15)13-6-5-11(8-13)10-4-2-1-3-9(10)7-16-11/h1-4H,5-8H2,(H2,12,14,15). The summed E-state index contributed by atoms with van der Waals surface area (Å²) in [6, 6.07) is 7.95. The molecule has 17 heavy (non-hydrogen) atoms. The summed E-state index contributed by atoms with van der Waals surface area (Å²) in [6.45, 7) is 1.30. The van der Waals surface area contributed by atoms with Crippen LogP contribution in [-0.4, -0.2) is 25.8 Å². The number of hydrogen-bond donors (Lipinski definition) is 1. The second kappa shape index (κ2) is 3.52. The normalized spacial score (nSPS) is 28.8. The third kappa shape index (κ3) is 1.68. The summed E-state index contributed by atoms with van der Waals surface area (Å²) < 4.78 is 29.8. The van der Waals surface area contributed by atoms with Crippen molar-refractivity contribution in [2.75, 3.05) is 13.1 Å². The topological polar surface area (TPSA) is 72.6 Å². The van der Waals surface area contributed by atoms with Crippen LogP contribution in [0, 0.1) is 0 Å². The lowest BCUT2D eigenvalue weighted by Crippen LogP contribution is -2.38. The largest absolute Gasteiger partial charge is 0.364 e. The van der Waals surface area contributed by atoms with Crippen LogP contribution in [-0.2, 0) is 27.2 Å². The van der Waals surface area contributed by atoms with E-state index >= 15 is 0 Å². The number of nitrogens with zero attached hydrogens (tertiary/aromatic N) is 1. The highest BCUT2D eigenvalue weighted by atomic mass is 32.2. The Bertz CT molecular complexity index is 558. The lowest BCUT2D eigenvalue weighted by molar-refractivity contribution is -0.0255. The Labute approximate surface area is 100 Å². The third-order valence-corrected chi connectivity index (χ3v) is 4.60. The minimum absolute atomic E-state index is 0.322. The predicted octanol–water partition coefficient (Wildman–Crippen LogP) is 0.321. The van der Waals surface area contributed by atoms with E-state index in [1.165, 1.54) is 4.31 Å². The molecule has 3 rings (SSSR count). The van der Waals surface area contributed by atoms with Gasteiger partial charge < -0.3 is 4.74 Å². The van der Waals surface area contributed by atoms with Crippen molar-refractivity contribution in [3.63, 3.8) is 0 Å². The van der Waals surface area contributed by atoms with Gasteiger partial charge in [0.05, 0.1) is 6.61 Å². The van der Waals surface area contributed by atoms with Crippen LogP contribution in [0.4, 0.5) is 0 Å². The van der Waals surface area contributed by atoms with E-state index in [1.54, 1.807) is 0 Å². The predicted molar refractivity (Wildman–Crippen MR) is 62.2 cm³/mol. The third-order valence-electron chi connectivity index (χ3n) is 3.57. The molecule has 2 aliphatic heterocycles. The quantitative estimate of drug-likeness (QED) is 0.784. The first kappa shape index (κ1) is 11.2. The van der Waals surface area contributed by atoms with E-state index < -0.39 is 15.8 Å².